The van der Waals surface area contributed by atoms with Crippen molar-refractivity contribution in [2.24, 2.45) is 11.1 Å². The second kappa shape index (κ2) is 6.30. The molecule has 0 fully saturated rings. The van der Waals surface area contributed by atoms with Crippen LogP contribution in [0.4, 0.5) is 4.79 Å². The average molecular weight is 364 g/mol. The molecule has 2 N–H and O–H groups in total. The lowest BCUT2D eigenvalue weighted by Crippen LogP contribution is -2.33. The van der Waals surface area contributed by atoms with Crippen LogP contribution in [0.3, 0.4) is 0 Å². The van der Waals surface area contributed by atoms with Crippen molar-refractivity contribution in [1.29, 1.82) is 0 Å². The molecular weight excluding hydrogens is 345 g/mol. The second-order valence-corrected chi connectivity index (χ2v) is 7.66. The summed E-state index contributed by atoms with van der Waals surface area (Å²) in [5, 5.41) is 1.07. The molecule has 1 amide bonds. The first kappa shape index (κ1) is 17.1. The lowest BCUT2D eigenvalue weighted by Gasteiger charge is -2.39. The monoisotopic (exact) mass is 363 g/mol. The molecule has 3 rings (SSSR count). The summed E-state index contributed by atoms with van der Waals surface area (Å²) >= 11 is 12.1. The molecule has 0 aromatic heterocycles. The predicted octanol–water partition coefficient (Wildman–Crippen LogP) is 5.77. The highest BCUT2D eigenvalue weighted by atomic mass is 35.5. The van der Waals surface area contributed by atoms with Crippen molar-refractivity contribution in [3.63, 3.8) is 0 Å². The smallest absolute Gasteiger partial charge is 0.405 e. The molecule has 1 unspecified atom stereocenters. The molecule has 1 aliphatic carbocycles. The molecule has 1 atom stereocenters. The minimum Gasteiger partial charge on any atom is -0.441 e. The van der Waals surface area contributed by atoms with Crippen LogP contribution in [0.1, 0.15) is 37.5 Å². The fourth-order valence-corrected chi connectivity index (χ4v) is 3.58. The normalized spacial score (nSPS) is 18.8. The van der Waals surface area contributed by atoms with E-state index < -0.39 is 6.09 Å². The summed E-state index contributed by atoms with van der Waals surface area (Å²) in [5.41, 5.74) is 9.38. The van der Waals surface area contributed by atoms with Crippen molar-refractivity contribution in [3.8, 4) is 11.1 Å². The van der Waals surface area contributed by atoms with Crippen LogP contribution >= 0.6 is 23.2 Å². The van der Waals surface area contributed by atoms with E-state index in [2.05, 4.69) is 19.9 Å². The lowest BCUT2D eigenvalue weighted by atomic mass is 9.71. The molecule has 0 saturated carbocycles. The summed E-state index contributed by atoms with van der Waals surface area (Å²) in [4.78, 5) is 11.3. The number of carbonyl (C=O) groups excluding carboxylic acids is 1. The van der Waals surface area contributed by atoms with Crippen molar-refractivity contribution in [2.75, 3.05) is 0 Å². The first-order valence-electron chi connectivity index (χ1n) is 7.82. The third kappa shape index (κ3) is 3.24. The third-order valence-electron chi connectivity index (χ3n) is 4.66. The molecule has 0 saturated heterocycles. The number of halogens is 2. The number of primary amides is 1. The van der Waals surface area contributed by atoms with Crippen molar-refractivity contribution in [2.45, 2.75) is 32.8 Å². The van der Waals surface area contributed by atoms with Gasteiger partial charge >= 0.3 is 6.09 Å². The summed E-state index contributed by atoms with van der Waals surface area (Å²) in [6.07, 6.45) is 0.773. The summed E-state index contributed by atoms with van der Waals surface area (Å²) < 4.78 is 5.41. The highest BCUT2D eigenvalue weighted by molar-refractivity contribution is 6.42. The van der Waals surface area contributed by atoms with Gasteiger partial charge in [-0.2, -0.15) is 0 Å². The zero-order chi connectivity index (χ0) is 17.5. The van der Waals surface area contributed by atoms with Gasteiger partial charge in [0, 0.05) is 5.41 Å². The van der Waals surface area contributed by atoms with Gasteiger partial charge in [-0.3, -0.25) is 0 Å². The maximum absolute atomic E-state index is 11.3. The molecule has 0 aliphatic heterocycles. The zero-order valence-electron chi connectivity index (χ0n) is 13.6. The van der Waals surface area contributed by atoms with Crippen LogP contribution in [0.2, 0.25) is 10.0 Å². The minimum absolute atomic E-state index is 0.146. The van der Waals surface area contributed by atoms with Crippen molar-refractivity contribution in [1.82, 2.24) is 0 Å². The van der Waals surface area contributed by atoms with E-state index in [1.807, 2.05) is 24.3 Å². The molecular formula is C19H19Cl2NO2. The quantitative estimate of drug-likeness (QED) is 0.736. The van der Waals surface area contributed by atoms with Crippen LogP contribution < -0.4 is 5.73 Å². The number of carbonyl (C=O) groups is 1. The molecule has 1 aliphatic rings. The average Bonchev–Trinajstić information content (AvgIpc) is 2.52. The minimum atomic E-state index is -0.741. The van der Waals surface area contributed by atoms with Gasteiger partial charge in [-0.05, 0) is 47.2 Å². The highest BCUT2D eigenvalue weighted by Crippen LogP contribution is 2.46. The van der Waals surface area contributed by atoms with E-state index in [0.29, 0.717) is 10.0 Å². The van der Waals surface area contributed by atoms with Gasteiger partial charge in [0.05, 0.1) is 10.0 Å². The fourth-order valence-electron chi connectivity index (χ4n) is 3.28. The van der Waals surface area contributed by atoms with Crippen LogP contribution in [-0.2, 0) is 11.2 Å². The van der Waals surface area contributed by atoms with Gasteiger partial charge in [0.15, 0.2) is 0 Å². The summed E-state index contributed by atoms with van der Waals surface area (Å²) in [6.45, 7) is 4.19. The number of aryl methyl sites for hydroxylation is 1. The summed E-state index contributed by atoms with van der Waals surface area (Å²) in [7, 11) is 0. The first-order chi connectivity index (χ1) is 11.3. The second-order valence-electron chi connectivity index (χ2n) is 6.85. The Morgan fingerprint density at radius 3 is 2.46 bits per heavy atom. The van der Waals surface area contributed by atoms with E-state index in [1.54, 1.807) is 6.07 Å². The van der Waals surface area contributed by atoms with Gasteiger partial charge in [0.25, 0.3) is 0 Å². The van der Waals surface area contributed by atoms with Gasteiger partial charge in [-0.25, -0.2) is 4.79 Å². The molecule has 0 radical (unpaired) electrons. The Labute approximate surface area is 151 Å². The van der Waals surface area contributed by atoms with E-state index in [-0.39, 0.29) is 11.5 Å². The Morgan fingerprint density at radius 2 is 1.79 bits per heavy atom. The van der Waals surface area contributed by atoms with E-state index in [4.69, 9.17) is 33.7 Å². The number of rotatable bonds is 2. The number of benzene rings is 2. The first-order valence-corrected chi connectivity index (χ1v) is 8.58. The molecule has 2 aromatic rings. The number of hydrogen-bond acceptors (Lipinski definition) is 2. The molecule has 0 bridgehead atoms. The third-order valence-corrected chi connectivity index (χ3v) is 5.40. The maximum Gasteiger partial charge on any atom is 0.405 e. The van der Waals surface area contributed by atoms with E-state index in [1.165, 1.54) is 5.56 Å². The molecule has 24 heavy (non-hydrogen) atoms. The van der Waals surface area contributed by atoms with Crippen molar-refractivity contribution in [3.05, 3.63) is 57.6 Å². The molecule has 2 aromatic carbocycles. The Kier molecular flexibility index (Phi) is 4.50. The van der Waals surface area contributed by atoms with Gasteiger partial charge in [0.2, 0.25) is 0 Å². The topological polar surface area (TPSA) is 52.3 Å². The van der Waals surface area contributed by atoms with Gasteiger partial charge in [0.1, 0.15) is 6.10 Å². The number of nitrogens with two attached hydrogens (primary N) is 1. The Balaban J connectivity index is 2.02. The van der Waals surface area contributed by atoms with Crippen LogP contribution in [0, 0.1) is 5.41 Å². The van der Waals surface area contributed by atoms with Crippen LogP contribution in [0.5, 0.6) is 0 Å². The van der Waals surface area contributed by atoms with Crippen LogP contribution in [0.25, 0.3) is 11.1 Å². The number of ether oxygens (including phenoxy) is 1. The molecule has 0 heterocycles. The van der Waals surface area contributed by atoms with Crippen molar-refractivity contribution >= 4 is 29.3 Å². The standard InChI is InChI=1S/C19H19Cl2NO2/c1-19(2)8-7-13-9-11(12-4-6-15(20)16(21)10-12)3-5-14(13)17(19)24-18(22)23/h3-6,9-10,17H,7-8H2,1-2H3,(H2,22,23). The van der Waals surface area contributed by atoms with E-state index >= 15 is 0 Å². The predicted molar refractivity (Wildman–Crippen MR) is 97.4 cm³/mol. The Bertz CT molecular complexity index is 802. The van der Waals surface area contributed by atoms with Gasteiger partial charge < -0.3 is 10.5 Å². The zero-order valence-corrected chi connectivity index (χ0v) is 15.1. The lowest BCUT2D eigenvalue weighted by molar-refractivity contribution is 0.0147. The molecule has 126 valence electrons. The fraction of sp³-hybridized carbons (Fsp3) is 0.316. The number of amides is 1. The van der Waals surface area contributed by atoms with Gasteiger partial charge in [-0.1, -0.05) is 61.3 Å². The summed E-state index contributed by atoms with van der Waals surface area (Å²) in [6, 6.07) is 11.7. The van der Waals surface area contributed by atoms with E-state index in [9.17, 15) is 4.79 Å². The van der Waals surface area contributed by atoms with Crippen molar-refractivity contribution < 1.29 is 9.53 Å². The molecule has 5 heteroatoms. The number of hydrogen-bond donors (Lipinski definition) is 1. The number of fused-ring (bicyclic) bond motifs is 1. The maximum atomic E-state index is 11.3. The highest BCUT2D eigenvalue weighted by Gasteiger charge is 2.38. The van der Waals surface area contributed by atoms with Crippen LogP contribution in [0.15, 0.2) is 36.4 Å². The Morgan fingerprint density at radius 1 is 1.12 bits per heavy atom. The van der Waals surface area contributed by atoms with Gasteiger partial charge in [-0.15, -0.1) is 0 Å². The molecule has 3 nitrogen and oxygen atoms in total. The SMILES string of the molecule is CC1(C)CCc2cc(-c3ccc(Cl)c(Cl)c3)ccc2C1OC(N)=O. The van der Waals surface area contributed by atoms with E-state index in [0.717, 1.165) is 29.5 Å². The van der Waals surface area contributed by atoms with Crippen LogP contribution in [-0.4, -0.2) is 6.09 Å². The largest absolute Gasteiger partial charge is 0.441 e. The molecule has 0 spiro atoms. The Hall–Kier alpha value is -1.71. The summed E-state index contributed by atoms with van der Waals surface area (Å²) in [5.74, 6) is 0.